The summed E-state index contributed by atoms with van der Waals surface area (Å²) in [6.07, 6.45) is 3.65. The second kappa shape index (κ2) is 9.49. The van der Waals surface area contributed by atoms with E-state index >= 15 is 0 Å². The number of carbonyl (C=O) groups is 2. The van der Waals surface area contributed by atoms with Crippen LogP contribution < -0.4 is 0 Å². The molecule has 0 saturated carbocycles. The largest absolute Gasteiger partial charge is 0.450 e. The highest BCUT2D eigenvalue weighted by Gasteiger charge is 2.43. The third-order valence-corrected chi connectivity index (χ3v) is 8.47. The third kappa shape index (κ3) is 3.92. The molecule has 2 atom stereocenters. The molecule has 3 heterocycles. The maximum absolute atomic E-state index is 13.0. The number of nitrogens with zero attached hydrogens (tertiary/aromatic N) is 2. The molecule has 0 N–H and O–H groups in total. The SMILES string of the molecule is CCOC(=O)N1C2CCC1CC(=C1c3ccccc3Sc3cc(C(=O)N(CC)CC)ccc31)C2. The summed E-state index contributed by atoms with van der Waals surface area (Å²) >= 11 is 1.75. The fraction of sp³-hybridized carbons (Fsp3) is 0.429. The number of fused-ring (bicyclic) bond motifs is 4. The van der Waals surface area contributed by atoms with Gasteiger partial charge in [0.25, 0.3) is 5.91 Å². The Balaban J connectivity index is 1.56. The van der Waals surface area contributed by atoms with E-state index in [4.69, 9.17) is 4.74 Å². The standard InChI is InChI=1S/C28H32N2O3S/c1-4-29(5-2)27(31)18-11-14-23-25(17-18)34-24-10-8-7-9-22(24)26(23)19-15-20-12-13-21(16-19)30(20)28(32)33-6-3/h7-11,14,17,20-21H,4-6,12-13,15-16H2,1-3H3. The van der Waals surface area contributed by atoms with Crippen LogP contribution in [0.2, 0.25) is 0 Å². The molecule has 6 heteroatoms. The maximum Gasteiger partial charge on any atom is 0.410 e. The summed E-state index contributed by atoms with van der Waals surface area (Å²) in [6.45, 7) is 7.72. The molecule has 2 aromatic rings. The Morgan fingerprint density at radius 3 is 2.32 bits per heavy atom. The molecule has 2 amide bonds. The highest BCUT2D eigenvalue weighted by molar-refractivity contribution is 7.99. The average molecular weight is 477 g/mol. The molecular weight excluding hydrogens is 444 g/mol. The Hall–Kier alpha value is -2.73. The molecule has 2 fully saturated rings. The molecule has 3 aliphatic rings. The van der Waals surface area contributed by atoms with Crippen molar-refractivity contribution in [2.45, 2.75) is 68.3 Å². The first-order chi connectivity index (χ1) is 16.5. The Kier molecular flexibility index (Phi) is 6.43. The van der Waals surface area contributed by atoms with Crippen molar-refractivity contribution in [3.05, 3.63) is 64.7 Å². The first-order valence-corrected chi connectivity index (χ1v) is 13.2. The fourth-order valence-corrected chi connectivity index (χ4v) is 6.89. The third-order valence-electron chi connectivity index (χ3n) is 7.34. The molecule has 5 rings (SSSR count). The summed E-state index contributed by atoms with van der Waals surface area (Å²) < 4.78 is 5.36. The number of rotatable bonds is 4. The van der Waals surface area contributed by atoms with E-state index in [-0.39, 0.29) is 24.1 Å². The van der Waals surface area contributed by atoms with Crippen LogP contribution in [-0.2, 0) is 4.74 Å². The molecule has 178 valence electrons. The first kappa shape index (κ1) is 23.0. The molecule has 3 aliphatic heterocycles. The monoisotopic (exact) mass is 476 g/mol. The predicted octanol–water partition coefficient (Wildman–Crippen LogP) is 6.22. The van der Waals surface area contributed by atoms with E-state index in [1.807, 2.05) is 36.6 Å². The van der Waals surface area contributed by atoms with Gasteiger partial charge in [-0.2, -0.15) is 0 Å². The summed E-state index contributed by atoms with van der Waals surface area (Å²) in [7, 11) is 0. The number of hydrogen-bond donors (Lipinski definition) is 0. The highest BCUT2D eigenvalue weighted by atomic mass is 32.2. The summed E-state index contributed by atoms with van der Waals surface area (Å²) in [5.41, 5.74) is 5.94. The van der Waals surface area contributed by atoms with Crippen LogP contribution in [0.4, 0.5) is 4.79 Å². The zero-order chi connectivity index (χ0) is 23.8. The minimum Gasteiger partial charge on any atom is -0.450 e. The van der Waals surface area contributed by atoms with Gasteiger partial charge < -0.3 is 14.5 Å². The Bertz CT molecular complexity index is 1140. The van der Waals surface area contributed by atoms with Gasteiger partial charge in [0.05, 0.1) is 6.61 Å². The number of benzene rings is 2. The van der Waals surface area contributed by atoms with E-state index in [2.05, 4.69) is 36.4 Å². The van der Waals surface area contributed by atoms with Gasteiger partial charge in [0.2, 0.25) is 0 Å². The lowest BCUT2D eigenvalue weighted by molar-refractivity contribution is 0.0771. The van der Waals surface area contributed by atoms with E-state index in [1.165, 1.54) is 27.2 Å². The number of carbonyl (C=O) groups excluding carboxylic acids is 2. The minimum atomic E-state index is -0.168. The number of ether oxygens (including phenoxy) is 1. The van der Waals surface area contributed by atoms with E-state index < -0.39 is 0 Å². The van der Waals surface area contributed by atoms with Crippen molar-refractivity contribution < 1.29 is 14.3 Å². The number of piperidine rings is 1. The van der Waals surface area contributed by atoms with Crippen molar-refractivity contribution in [2.24, 2.45) is 0 Å². The van der Waals surface area contributed by atoms with Gasteiger partial charge in [-0.25, -0.2) is 4.79 Å². The molecule has 0 spiro atoms. The van der Waals surface area contributed by atoms with Gasteiger partial charge in [-0.3, -0.25) is 4.79 Å². The number of hydrogen-bond acceptors (Lipinski definition) is 4. The summed E-state index contributed by atoms with van der Waals surface area (Å²) in [4.78, 5) is 31.8. The van der Waals surface area contributed by atoms with Gasteiger partial charge in [0.1, 0.15) is 0 Å². The van der Waals surface area contributed by atoms with Crippen molar-refractivity contribution in [1.82, 2.24) is 9.80 Å². The van der Waals surface area contributed by atoms with Crippen molar-refractivity contribution in [1.29, 1.82) is 0 Å². The molecule has 2 unspecified atom stereocenters. The molecule has 0 aliphatic carbocycles. The van der Waals surface area contributed by atoms with Gasteiger partial charge in [0.15, 0.2) is 0 Å². The van der Waals surface area contributed by atoms with Gasteiger partial charge in [-0.1, -0.05) is 41.6 Å². The Morgan fingerprint density at radius 1 is 0.971 bits per heavy atom. The van der Waals surface area contributed by atoms with Crippen LogP contribution in [0.3, 0.4) is 0 Å². The summed E-state index contributed by atoms with van der Waals surface area (Å²) in [5.74, 6) is 0.0854. The van der Waals surface area contributed by atoms with Gasteiger partial charge in [-0.15, -0.1) is 0 Å². The summed E-state index contributed by atoms with van der Waals surface area (Å²) in [5, 5.41) is 0. The second-order valence-corrected chi connectivity index (χ2v) is 10.2. The quantitative estimate of drug-likeness (QED) is 0.449. The lowest BCUT2D eigenvalue weighted by atomic mass is 9.85. The molecule has 2 bridgehead atoms. The molecular formula is C28H32N2O3S. The Labute approximate surface area is 206 Å². The summed E-state index contributed by atoms with van der Waals surface area (Å²) in [6, 6.07) is 15.2. The maximum atomic E-state index is 13.0. The molecule has 0 radical (unpaired) electrons. The topological polar surface area (TPSA) is 49.9 Å². The van der Waals surface area contributed by atoms with Gasteiger partial charge >= 0.3 is 6.09 Å². The van der Waals surface area contributed by atoms with Crippen LogP contribution in [0.25, 0.3) is 5.57 Å². The van der Waals surface area contributed by atoms with Crippen molar-refractivity contribution in [3.63, 3.8) is 0 Å². The zero-order valence-corrected chi connectivity index (χ0v) is 21.0. The smallest absolute Gasteiger partial charge is 0.410 e. The van der Waals surface area contributed by atoms with Crippen molar-refractivity contribution in [2.75, 3.05) is 19.7 Å². The van der Waals surface area contributed by atoms with E-state index in [0.717, 1.165) is 36.1 Å². The van der Waals surface area contributed by atoms with Crippen LogP contribution in [0, 0.1) is 0 Å². The molecule has 0 aromatic heterocycles. The minimum absolute atomic E-state index is 0.0854. The van der Waals surface area contributed by atoms with Crippen LogP contribution in [-0.4, -0.2) is 53.6 Å². The van der Waals surface area contributed by atoms with Crippen molar-refractivity contribution in [3.8, 4) is 0 Å². The predicted molar refractivity (Wildman–Crippen MR) is 135 cm³/mol. The van der Waals surface area contributed by atoms with E-state index in [0.29, 0.717) is 19.7 Å². The first-order valence-electron chi connectivity index (χ1n) is 12.4. The van der Waals surface area contributed by atoms with Crippen LogP contribution in [0.5, 0.6) is 0 Å². The van der Waals surface area contributed by atoms with E-state index in [9.17, 15) is 9.59 Å². The Morgan fingerprint density at radius 2 is 1.65 bits per heavy atom. The lowest BCUT2D eigenvalue weighted by Crippen LogP contribution is -2.45. The van der Waals surface area contributed by atoms with E-state index in [1.54, 1.807) is 11.8 Å². The van der Waals surface area contributed by atoms with Gasteiger partial charge in [0, 0.05) is 40.5 Å². The molecule has 5 nitrogen and oxygen atoms in total. The van der Waals surface area contributed by atoms with Gasteiger partial charge in [-0.05, 0) is 81.4 Å². The number of amides is 2. The van der Waals surface area contributed by atoms with Crippen molar-refractivity contribution >= 4 is 29.3 Å². The molecule has 34 heavy (non-hydrogen) atoms. The second-order valence-electron chi connectivity index (χ2n) is 9.16. The lowest BCUT2D eigenvalue weighted by Gasteiger charge is -2.37. The average Bonchev–Trinajstić information content (AvgIpc) is 3.12. The molecule has 2 saturated heterocycles. The normalized spacial score (nSPS) is 20.6. The van der Waals surface area contributed by atoms with Crippen LogP contribution >= 0.6 is 11.8 Å². The molecule has 2 aromatic carbocycles. The zero-order valence-electron chi connectivity index (χ0n) is 20.2. The van der Waals surface area contributed by atoms with Crippen LogP contribution in [0.15, 0.2) is 57.8 Å². The fourth-order valence-electron chi connectivity index (χ4n) is 5.76. The highest BCUT2D eigenvalue weighted by Crippen LogP contribution is 2.50. The van der Waals surface area contributed by atoms with Crippen LogP contribution in [0.1, 0.15) is 67.9 Å².